The Hall–Kier alpha value is -2.84. The molecule has 1 aromatic rings. The summed E-state index contributed by atoms with van der Waals surface area (Å²) in [5.74, 6) is -0.556. The van der Waals surface area contributed by atoms with Crippen molar-refractivity contribution in [2.24, 2.45) is 0 Å². The van der Waals surface area contributed by atoms with Crippen LogP contribution in [0.25, 0.3) is 0 Å². The maximum absolute atomic E-state index is 13.2. The summed E-state index contributed by atoms with van der Waals surface area (Å²) in [6.45, 7) is 5.03. The first-order chi connectivity index (χ1) is 14.5. The Morgan fingerprint density at radius 2 is 2.17 bits per heavy atom. The molecule has 9 heteroatoms. The Morgan fingerprint density at radius 3 is 2.87 bits per heavy atom. The van der Waals surface area contributed by atoms with Crippen LogP contribution in [0, 0.1) is 0 Å². The van der Waals surface area contributed by atoms with Crippen LogP contribution >= 0.6 is 11.6 Å². The van der Waals surface area contributed by atoms with Gasteiger partial charge in [0.1, 0.15) is 6.54 Å². The van der Waals surface area contributed by atoms with E-state index in [0.717, 1.165) is 0 Å². The summed E-state index contributed by atoms with van der Waals surface area (Å²) in [6, 6.07) is 6.06. The molecule has 0 aromatic heterocycles. The SMILES string of the molecule is C=CCN1C(=O)N[C@@H](c2ccccc2Cl)C2=C1CN(CC(=O)NCCCOC)C2=O. The second-order valence-electron chi connectivity index (χ2n) is 7.02. The van der Waals surface area contributed by atoms with Crippen LogP contribution in [0.15, 0.2) is 48.2 Å². The number of benzene rings is 1. The van der Waals surface area contributed by atoms with Gasteiger partial charge in [-0.25, -0.2) is 4.79 Å². The Balaban J connectivity index is 1.83. The zero-order valence-electron chi connectivity index (χ0n) is 16.8. The molecule has 1 atom stereocenters. The quantitative estimate of drug-likeness (QED) is 0.460. The van der Waals surface area contributed by atoms with Gasteiger partial charge in [0.05, 0.1) is 23.9 Å². The van der Waals surface area contributed by atoms with E-state index >= 15 is 0 Å². The predicted molar refractivity (Wildman–Crippen MR) is 113 cm³/mol. The largest absolute Gasteiger partial charge is 0.385 e. The molecule has 30 heavy (non-hydrogen) atoms. The summed E-state index contributed by atoms with van der Waals surface area (Å²) in [6.07, 6.45) is 2.28. The number of ether oxygens (including phenoxy) is 1. The van der Waals surface area contributed by atoms with Gasteiger partial charge in [-0.1, -0.05) is 35.9 Å². The van der Waals surface area contributed by atoms with Crippen LogP contribution in [0.3, 0.4) is 0 Å². The van der Waals surface area contributed by atoms with Crippen molar-refractivity contribution in [1.29, 1.82) is 0 Å². The first-order valence-electron chi connectivity index (χ1n) is 9.69. The molecule has 1 aromatic carbocycles. The topological polar surface area (TPSA) is 91.0 Å². The molecule has 0 saturated heterocycles. The van der Waals surface area contributed by atoms with Crippen LogP contribution in [0.1, 0.15) is 18.0 Å². The van der Waals surface area contributed by atoms with Gasteiger partial charge in [-0.3, -0.25) is 14.5 Å². The summed E-state index contributed by atoms with van der Waals surface area (Å²) >= 11 is 6.34. The van der Waals surface area contributed by atoms with Crippen molar-refractivity contribution in [2.75, 3.05) is 39.9 Å². The Kier molecular flexibility index (Phi) is 7.12. The van der Waals surface area contributed by atoms with Crippen LogP contribution in [0.5, 0.6) is 0 Å². The molecule has 0 unspecified atom stereocenters. The maximum atomic E-state index is 13.2. The normalized spacial score (nSPS) is 18.4. The number of halogens is 1. The number of hydrogen-bond acceptors (Lipinski definition) is 4. The van der Waals surface area contributed by atoms with Crippen LogP contribution in [0.4, 0.5) is 4.79 Å². The van der Waals surface area contributed by atoms with Gasteiger partial charge >= 0.3 is 6.03 Å². The van der Waals surface area contributed by atoms with Gasteiger partial charge in [0.15, 0.2) is 0 Å². The van der Waals surface area contributed by atoms with E-state index in [9.17, 15) is 14.4 Å². The van der Waals surface area contributed by atoms with Crippen LogP contribution < -0.4 is 10.6 Å². The van der Waals surface area contributed by atoms with Crippen molar-refractivity contribution in [2.45, 2.75) is 12.5 Å². The van der Waals surface area contributed by atoms with E-state index < -0.39 is 6.04 Å². The van der Waals surface area contributed by atoms with Gasteiger partial charge in [-0.2, -0.15) is 0 Å². The lowest BCUT2D eigenvalue weighted by Gasteiger charge is -2.33. The molecule has 0 saturated carbocycles. The molecule has 0 spiro atoms. The maximum Gasteiger partial charge on any atom is 0.322 e. The lowest BCUT2D eigenvalue weighted by Crippen LogP contribution is -2.47. The molecule has 2 heterocycles. The smallest absolute Gasteiger partial charge is 0.322 e. The molecule has 2 aliphatic rings. The van der Waals surface area contributed by atoms with Gasteiger partial charge in [0.25, 0.3) is 5.91 Å². The van der Waals surface area contributed by atoms with Crippen molar-refractivity contribution < 1.29 is 19.1 Å². The average Bonchev–Trinajstić information content (AvgIpc) is 3.04. The second kappa shape index (κ2) is 9.77. The molecule has 3 rings (SSSR count). The number of rotatable bonds is 9. The monoisotopic (exact) mass is 432 g/mol. The van der Waals surface area contributed by atoms with Crippen LogP contribution in [-0.2, 0) is 14.3 Å². The van der Waals surface area contributed by atoms with E-state index in [1.807, 2.05) is 0 Å². The molecule has 0 bridgehead atoms. The van der Waals surface area contributed by atoms with Gasteiger partial charge < -0.3 is 20.3 Å². The fraction of sp³-hybridized carbons (Fsp3) is 0.381. The van der Waals surface area contributed by atoms with Gasteiger partial charge in [-0.05, 0) is 18.1 Å². The standard InChI is InChI=1S/C21H25ClN4O4/c1-3-10-26-16-12-25(13-17(27)23-9-6-11-30-2)20(28)18(16)19(24-21(26)29)14-7-4-5-8-15(14)22/h3-5,7-8,19H,1,6,9-13H2,2H3,(H,23,27)(H,24,29)/t19-/m0/s1. The van der Waals surface area contributed by atoms with Crippen molar-refractivity contribution >= 4 is 29.4 Å². The highest BCUT2D eigenvalue weighted by Gasteiger charge is 2.44. The average molecular weight is 433 g/mol. The van der Waals surface area contributed by atoms with E-state index in [-0.39, 0.29) is 37.5 Å². The first kappa shape index (κ1) is 21.9. The van der Waals surface area contributed by atoms with Crippen LogP contribution in [0.2, 0.25) is 5.02 Å². The number of urea groups is 1. The molecule has 0 fully saturated rings. The van der Waals surface area contributed by atoms with E-state index in [4.69, 9.17) is 16.3 Å². The zero-order chi connectivity index (χ0) is 21.7. The van der Waals surface area contributed by atoms with E-state index in [1.165, 1.54) is 9.80 Å². The molecule has 2 N–H and O–H groups in total. The highest BCUT2D eigenvalue weighted by Crippen LogP contribution is 2.38. The first-order valence-corrected chi connectivity index (χ1v) is 10.1. The van der Waals surface area contributed by atoms with E-state index in [1.54, 1.807) is 37.5 Å². The summed E-state index contributed by atoms with van der Waals surface area (Å²) in [4.78, 5) is 41.2. The Bertz CT molecular complexity index is 886. The summed E-state index contributed by atoms with van der Waals surface area (Å²) in [5.41, 5.74) is 1.63. The molecule has 0 aliphatic carbocycles. The third-order valence-electron chi connectivity index (χ3n) is 5.01. The third-order valence-corrected chi connectivity index (χ3v) is 5.35. The summed E-state index contributed by atoms with van der Waals surface area (Å²) < 4.78 is 4.96. The highest BCUT2D eigenvalue weighted by atomic mass is 35.5. The molecule has 160 valence electrons. The molecule has 2 aliphatic heterocycles. The van der Waals surface area contributed by atoms with Crippen molar-refractivity contribution in [1.82, 2.24) is 20.4 Å². The Labute approximate surface area is 180 Å². The van der Waals surface area contributed by atoms with Crippen LogP contribution in [-0.4, -0.2) is 67.5 Å². The van der Waals surface area contributed by atoms with E-state index in [2.05, 4.69) is 17.2 Å². The van der Waals surface area contributed by atoms with E-state index in [0.29, 0.717) is 41.4 Å². The molecular weight excluding hydrogens is 408 g/mol. The molecule has 0 radical (unpaired) electrons. The minimum absolute atomic E-state index is 0.0931. The fourth-order valence-electron chi connectivity index (χ4n) is 3.61. The summed E-state index contributed by atoms with van der Waals surface area (Å²) in [7, 11) is 1.60. The number of carbonyl (C=O) groups excluding carboxylic acids is 3. The van der Waals surface area contributed by atoms with Gasteiger partial charge in [0, 0.05) is 31.8 Å². The predicted octanol–water partition coefficient (Wildman–Crippen LogP) is 1.84. The zero-order valence-corrected chi connectivity index (χ0v) is 17.6. The lowest BCUT2D eigenvalue weighted by molar-refractivity contribution is -0.131. The number of nitrogens with one attached hydrogen (secondary N) is 2. The number of nitrogens with zero attached hydrogens (tertiary/aromatic N) is 2. The third kappa shape index (κ3) is 4.49. The highest BCUT2D eigenvalue weighted by molar-refractivity contribution is 6.31. The minimum atomic E-state index is -0.676. The molecular formula is C21H25ClN4O4. The van der Waals surface area contributed by atoms with Crippen molar-refractivity contribution in [3.8, 4) is 0 Å². The number of amides is 4. The van der Waals surface area contributed by atoms with Crippen molar-refractivity contribution in [3.05, 3.63) is 58.8 Å². The van der Waals surface area contributed by atoms with Gasteiger partial charge in [-0.15, -0.1) is 6.58 Å². The second-order valence-corrected chi connectivity index (χ2v) is 7.43. The van der Waals surface area contributed by atoms with Crippen molar-refractivity contribution in [3.63, 3.8) is 0 Å². The minimum Gasteiger partial charge on any atom is -0.385 e. The lowest BCUT2D eigenvalue weighted by atomic mass is 9.95. The fourth-order valence-corrected chi connectivity index (χ4v) is 3.86. The number of carbonyl (C=O) groups is 3. The number of methoxy groups -OCH3 is 1. The van der Waals surface area contributed by atoms with Gasteiger partial charge in [0.2, 0.25) is 5.91 Å². The number of hydrogen-bond donors (Lipinski definition) is 2. The Morgan fingerprint density at radius 1 is 1.40 bits per heavy atom. The molecule has 8 nitrogen and oxygen atoms in total. The molecule has 4 amide bonds. The summed E-state index contributed by atoms with van der Waals surface area (Å²) in [5, 5.41) is 6.10.